The molecule has 1 N–H and O–H groups in total. The number of benzene rings is 3. The van der Waals surface area contributed by atoms with Gasteiger partial charge in [0.05, 0.1) is 6.10 Å². The zero-order valence-electron chi connectivity index (χ0n) is 15.4. The van der Waals surface area contributed by atoms with Crippen molar-refractivity contribution in [3.8, 4) is 0 Å². The Kier molecular flexibility index (Phi) is 6.83. The van der Waals surface area contributed by atoms with Gasteiger partial charge in [-0.05, 0) is 41.4 Å². The van der Waals surface area contributed by atoms with Crippen molar-refractivity contribution < 1.29 is 5.11 Å². The predicted octanol–water partition coefficient (Wildman–Crippen LogP) is 5.68. The first-order valence-electron chi connectivity index (χ1n) is 9.04. The first-order chi connectivity index (χ1) is 13.1. The van der Waals surface area contributed by atoms with Crippen LogP contribution in [0.25, 0.3) is 12.2 Å². The van der Waals surface area contributed by atoms with E-state index in [1.165, 1.54) is 5.56 Å². The topological polar surface area (TPSA) is 23.5 Å². The number of hydrogen-bond acceptors (Lipinski definition) is 2. The molecule has 0 saturated carbocycles. The molecule has 3 heteroatoms. The van der Waals surface area contributed by atoms with Gasteiger partial charge in [0.2, 0.25) is 0 Å². The fourth-order valence-electron chi connectivity index (χ4n) is 2.96. The molecule has 138 valence electrons. The van der Waals surface area contributed by atoms with Crippen LogP contribution in [0.1, 0.15) is 28.4 Å². The molecule has 3 aromatic rings. The molecule has 0 aromatic heterocycles. The monoisotopic (exact) mass is 377 g/mol. The third-order valence-corrected chi connectivity index (χ3v) is 4.69. The second kappa shape index (κ2) is 9.52. The van der Waals surface area contributed by atoms with Crippen molar-refractivity contribution in [2.75, 3.05) is 13.6 Å². The van der Waals surface area contributed by atoms with Crippen LogP contribution in [0, 0.1) is 0 Å². The Hall–Kier alpha value is -2.39. The smallest absolute Gasteiger partial charge is 0.0916 e. The van der Waals surface area contributed by atoms with Gasteiger partial charge < -0.3 is 5.11 Å². The van der Waals surface area contributed by atoms with E-state index in [9.17, 15) is 5.11 Å². The van der Waals surface area contributed by atoms with Gasteiger partial charge in [0.25, 0.3) is 0 Å². The SMILES string of the molecule is CN(Cc1ccccc1)C[C@H](O)c1ccc(/C=C\c2ccc(Cl)cc2)cc1. The molecule has 2 nitrogen and oxygen atoms in total. The lowest BCUT2D eigenvalue weighted by atomic mass is 10.1. The standard InChI is InChI=1S/C24H24ClNO/c1-26(17-21-5-3-2-4-6-21)18-24(27)22-13-9-19(10-14-22)7-8-20-11-15-23(25)16-12-20/h2-16,24,27H,17-18H2,1H3/b8-7-/t24-/m0/s1. The number of hydrogen-bond donors (Lipinski definition) is 1. The summed E-state index contributed by atoms with van der Waals surface area (Å²) in [6, 6.07) is 26.1. The number of nitrogens with zero attached hydrogens (tertiary/aromatic N) is 1. The van der Waals surface area contributed by atoms with Crippen LogP contribution in [-0.2, 0) is 6.54 Å². The summed E-state index contributed by atoms with van der Waals surface area (Å²) in [6.45, 7) is 1.41. The number of aliphatic hydroxyl groups is 1. The van der Waals surface area contributed by atoms with Gasteiger partial charge in [0.1, 0.15) is 0 Å². The highest BCUT2D eigenvalue weighted by Gasteiger charge is 2.10. The average molecular weight is 378 g/mol. The van der Waals surface area contributed by atoms with E-state index in [-0.39, 0.29) is 0 Å². The first kappa shape index (κ1) is 19.4. The summed E-state index contributed by atoms with van der Waals surface area (Å²) in [4.78, 5) is 2.13. The van der Waals surface area contributed by atoms with Crippen molar-refractivity contribution in [2.24, 2.45) is 0 Å². The van der Waals surface area contributed by atoms with Gasteiger partial charge in [0.15, 0.2) is 0 Å². The minimum absolute atomic E-state index is 0.506. The van der Waals surface area contributed by atoms with E-state index in [2.05, 4.69) is 29.2 Å². The zero-order chi connectivity index (χ0) is 19.1. The summed E-state index contributed by atoms with van der Waals surface area (Å²) in [5, 5.41) is 11.3. The van der Waals surface area contributed by atoms with Gasteiger partial charge in [0, 0.05) is 18.1 Å². The van der Waals surface area contributed by atoms with Crippen LogP contribution in [0.3, 0.4) is 0 Å². The fraction of sp³-hybridized carbons (Fsp3) is 0.167. The molecular formula is C24H24ClNO. The third kappa shape index (κ3) is 6.07. The molecular weight excluding hydrogens is 354 g/mol. The molecule has 0 saturated heterocycles. The number of halogens is 1. The highest BCUT2D eigenvalue weighted by Crippen LogP contribution is 2.18. The van der Waals surface area contributed by atoms with E-state index in [0.717, 1.165) is 28.3 Å². The molecule has 0 radical (unpaired) electrons. The maximum absolute atomic E-state index is 10.5. The normalized spacial score (nSPS) is 12.6. The van der Waals surface area contributed by atoms with Crippen LogP contribution in [0.5, 0.6) is 0 Å². The van der Waals surface area contributed by atoms with Gasteiger partial charge in [-0.3, -0.25) is 4.90 Å². The fourth-order valence-corrected chi connectivity index (χ4v) is 3.08. The summed E-state index contributed by atoms with van der Waals surface area (Å²) in [7, 11) is 2.03. The molecule has 0 aliphatic heterocycles. The number of aliphatic hydroxyl groups excluding tert-OH is 1. The summed E-state index contributed by atoms with van der Waals surface area (Å²) in [5.74, 6) is 0. The van der Waals surface area contributed by atoms with Gasteiger partial charge in [-0.2, -0.15) is 0 Å². The lowest BCUT2D eigenvalue weighted by molar-refractivity contribution is 0.124. The molecule has 0 spiro atoms. The first-order valence-corrected chi connectivity index (χ1v) is 9.42. The Labute approximate surface area is 166 Å². The van der Waals surface area contributed by atoms with Crippen LogP contribution < -0.4 is 0 Å². The van der Waals surface area contributed by atoms with Gasteiger partial charge in [-0.1, -0.05) is 90.5 Å². The molecule has 27 heavy (non-hydrogen) atoms. The van der Waals surface area contributed by atoms with E-state index in [0.29, 0.717) is 6.54 Å². The number of rotatable bonds is 7. The Morgan fingerprint density at radius 1 is 0.852 bits per heavy atom. The highest BCUT2D eigenvalue weighted by atomic mass is 35.5. The minimum Gasteiger partial charge on any atom is -0.387 e. The van der Waals surface area contributed by atoms with Crippen LogP contribution in [-0.4, -0.2) is 23.6 Å². The molecule has 0 bridgehead atoms. The zero-order valence-corrected chi connectivity index (χ0v) is 16.2. The Morgan fingerprint density at radius 3 is 2.00 bits per heavy atom. The summed E-state index contributed by atoms with van der Waals surface area (Å²) >= 11 is 5.91. The van der Waals surface area contributed by atoms with Crippen LogP contribution in [0.4, 0.5) is 0 Å². The van der Waals surface area contributed by atoms with Crippen molar-refractivity contribution in [1.29, 1.82) is 0 Å². The van der Waals surface area contributed by atoms with Gasteiger partial charge >= 0.3 is 0 Å². The predicted molar refractivity (Wildman–Crippen MR) is 115 cm³/mol. The largest absolute Gasteiger partial charge is 0.387 e. The number of likely N-dealkylation sites (N-methyl/N-ethyl adjacent to an activating group) is 1. The molecule has 0 aliphatic carbocycles. The average Bonchev–Trinajstić information content (AvgIpc) is 2.68. The van der Waals surface area contributed by atoms with Crippen LogP contribution >= 0.6 is 11.6 Å². The van der Waals surface area contributed by atoms with Crippen molar-refractivity contribution >= 4 is 23.8 Å². The van der Waals surface area contributed by atoms with E-state index in [4.69, 9.17) is 11.6 Å². The highest BCUT2D eigenvalue weighted by molar-refractivity contribution is 6.30. The molecule has 0 heterocycles. The van der Waals surface area contributed by atoms with E-state index in [1.54, 1.807) is 0 Å². The molecule has 0 fully saturated rings. The molecule has 3 aromatic carbocycles. The van der Waals surface area contributed by atoms with Crippen molar-refractivity contribution in [3.63, 3.8) is 0 Å². The summed E-state index contributed by atoms with van der Waals surface area (Å²) in [6.07, 6.45) is 3.60. The molecule has 1 atom stereocenters. The van der Waals surface area contributed by atoms with Crippen LogP contribution in [0.15, 0.2) is 78.9 Å². The van der Waals surface area contributed by atoms with Crippen LogP contribution in [0.2, 0.25) is 5.02 Å². The summed E-state index contributed by atoms with van der Waals surface area (Å²) in [5.41, 5.74) is 4.37. The Bertz CT molecular complexity index is 857. The molecule has 0 aliphatic rings. The van der Waals surface area contributed by atoms with E-state index in [1.807, 2.05) is 73.8 Å². The van der Waals surface area contributed by atoms with Gasteiger partial charge in [-0.15, -0.1) is 0 Å². The molecule has 0 unspecified atom stereocenters. The summed E-state index contributed by atoms with van der Waals surface area (Å²) < 4.78 is 0. The molecule has 0 amide bonds. The third-order valence-electron chi connectivity index (χ3n) is 4.44. The maximum atomic E-state index is 10.5. The van der Waals surface area contributed by atoms with E-state index >= 15 is 0 Å². The lowest BCUT2D eigenvalue weighted by Crippen LogP contribution is -2.24. The lowest BCUT2D eigenvalue weighted by Gasteiger charge is -2.21. The maximum Gasteiger partial charge on any atom is 0.0916 e. The second-order valence-corrected chi connectivity index (χ2v) is 7.19. The van der Waals surface area contributed by atoms with Crippen molar-refractivity contribution in [1.82, 2.24) is 4.90 Å². The second-order valence-electron chi connectivity index (χ2n) is 6.75. The van der Waals surface area contributed by atoms with Crippen molar-refractivity contribution in [3.05, 3.63) is 106 Å². The van der Waals surface area contributed by atoms with Crippen molar-refractivity contribution in [2.45, 2.75) is 12.6 Å². The molecule has 3 rings (SSSR count). The van der Waals surface area contributed by atoms with Gasteiger partial charge in [-0.25, -0.2) is 0 Å². The Morgan fingerprint density at radius 2 is 1.41 bits per heavy atom. The van der Waals surface area contributed by atoms with E-state index < -0.39 is 6.10 Å². The quantitative estimate of drug-likeness (QED) is 0.536. The minimum atomic E-state index is -0.506. The Balaban J connectivity index is 1.56.